The number of carbonyl (C=O) groups is 2. The Bertz CT molecular complexity index is 1070. The number of hydrogen-bond acceptors (Lipinski definition) is 4. The Hall–Kier alpha value is -2.76. The van der Waals surface area contributed by atoms with Crippen LogP contribution in [0.3, 0.4) is 0 Å². The van der Waals surface area contributed by atoms with Crippen molar-refractivity contribution in [3.8, 4) is 0 Å². The lowest BCUT2D eigenvalue weighted by Crippen LogP contribution is -2.22. The average Bonchev–Trinajstić information content (AvgIpc) is 3.11. The van der Waals surface area contributed by atoms with Crippen LogP contribution in [0.2, 0.25) is 5.02 Å². The van der Waals surface area contributed by atoms with Gasteiger partial charge in [-0.05, 0) is 61.4 Å². The molecule has 0 saturated heterocycles. The van der Waals surface area contributed by atoms with E-state index in [9.17, 15) is 9.59 Å². The zero-order chi connectivity index (χ0) is 20.3. The number of anilines is 2. The molecule has 28 heavy (non-hydrogen) atoms. The largest absolute Gasteiger partial charge is 0.289 e. The molecule has 1 amide bonds. The SMILES string of the molecule is CC(=O)N(c1ccc(C)c(C)c1)c1nc(/C=C/C(=O)c2cccc(Cl)c2)cs1. The molecular formula is C22H19ClN2O2S. The van der Waals surface area contributed by atoms with E-state index in [1.165, 1.54) is 24.3 Å². The van der Waals surface area contributed by atoms with Gasteiger partial charge in [0.15, 0.2) is 10.9 Å². The molecule has 0 aliphatic rings. The zero-order valence-corrected chi connectivity index (χ0v) is 17.3. The van der Waals surface area contributed by atoms with Gasteiger partial charge in [-0.1, -0.05) is 29.8 Å². The Kier molecular flexibility index (Phi) is 6.07. The van der Waals surface area contributed by atoms with Gasteiger partial charge in [0.2, 0.25) is 5.91 Å². The molecule has 3 aromatic rings. The fourth-order valence-electron chi connectivity index (χ4n) is 2.65. The molecule has 0 saturated carbocycles. The molecule has 142 valence electrons. The van der Waals surface area contributed by atoms with Crippen LogP contribution in [0.1, 0.15) is 34.1 Å². The maximum atomic E-state index is 12.3. The van der Waals surface area contributed by atoms with E-state index < -0.39 is 0 Å². The molecule has 0 aliphatic heterocycles. The van der Waals surface area contributed by atoms with Gasteiger partial charge in [-0.25, -0.2) is 4.98 Å². The highest BCUT2D eigenvalue weighted by molar-refractivity contribution is 7.14. The van der Waals surface area contributed by atoms with E-state index in [4.69, 9.17) is 11.6 Å². The fourth-order valence-corrected chi connectivity index (χ4v) is 3.69. The Morgan fingerprint density at radius 2 is 1.89 bits per heavy atom. The van der Waals surface area contributed by atoms with Crippen LogP contribution in [0.5, 0.6) is 0 Å². The molecule has 0 unspecified atom stereocenters. The summed E-state index contributed by atoms with van der Waals surface area (Å²) in [6.07, 6.45) is 3.10. The average molecular weight is 411 g/mol. The minimum Gasteiger partial charge on any atom is -0.289 e. The second kappa shape index (κ2) is 8.50. The molecule has 1 heterocycles. The number of amides is 1. The summed E-state index contributed by atoms with van der Waals surface area (Å²) in [4.78, 5) is 30.6. The van der Waals surface area contributed by atoms with Crippen LogP contribution < -0.4 is 4.90 Å². The Morgan fingerprint density at radius 3 is 2.57 bits per heavy atom. The summed E-state index contributed by atoms with van der Waals surface area (Å²) in [6.45, 7) is 5.55. The molecule has 0 fully saturated rings. The van der Waals surface area contributed by atoms with Gasteiger partial charge in [0.1, 0.15) is 0 Å². The monoisotopic (exact) mass is 410 g/mol. The molecule has 1 aromatic heterocycles. The number of rotatable bonds is 5. The smallest absolute Gasteiger partial charge is 0.230 e. The van der Waals surface area contributed by atoms with Crippen LogP contribution in [0.15, 0.2) is 53.9 Å². The molecule has 0 N–H and O–H groups in total. The van der Waals surface area contributed by atoms with Crippen molar-refractivity contribution >= 4 is 51.5 Å². The number of halogens is 1. The zero-order valence-electron chi connectivity index (χ0n) is 15.8. The number of aryl methyl sites for hydroxylation is 2. The van der Waals surface area contributed by atoms with Gasteiger partial charge < -0.3 is 0 Å². The van der Waals surface area contributed by atoms with E-state index in [1.54, 1.807) is 35.2 Å². The van der Waals surface area contributed by atoms with Crippen molar-refractivity contribution in [1.82, 2.24) is 4.98 Å². The predicted molar refractivity (Wildman–Crippen MR) is 116 cm³/mol. The van der Waals surface area contributed by atoms with E-state index in [-0.39, 0.29) is 11.7 Å². The number of nitrogens with zero attached hydrogens (tertiary/aromatic N) is 2. The van der Waals surface area contributed by atoms with Gasteiger partial charge >= 0.3 is 0 Å². The van der Waals surface area contributed by atoms with Crippen LogP contribution in [-0.2, 0) is 4.79 Å². The van der Waals surface area contributed by atoms with Crippen molar-refractivity contribution in [2.24, 2.45) is 0 Å². The quantitative estimate of drug-likeness (QED) is 0.383. The maximum Gasteiger partial charge on any atom is 0.230 e. The molecule has 3 rings (SSSR count). The first-order chi connectivity index (χ1) is 13.3. The molecular weight excluding hydrogens is 392 g/mol. The van der Waals surface area contributed by atoms with Crippen LogP contribution in [-0.4, -0.2) is 16.7 Å². The van der Waals surface area contributed by atoms with E-state index in [1.807, 2.05) is 37.4 Å². The minimum absolute atomic E-state index is 0.122. The molecule has 0 atom stereocenters. The first kappa shape index (κ1) is 20.0. The van der Waals surface area contributed by atoms with Crippen molar-refractivity contribution in [3.05, 3.63) is 81.3 Å². The third-order valence-electron chi connectivity index (χ3n) is 4.28. The predicted octanol–water partition coefficient (Wildman–Crippen LogP) is 5.99. The van der Waals surface area contributed by atoms with Crippen LogP contribution in [0.4, 0.5) is 10.8 Å². The number of allylic oxidation sites excluding steroid dienone is 1. The second-order valence-corrected chi connectivity index (χ2v) is 7.66. The maximum absolute atomic E-state index is 12.3. The Morgan fingerprint density at radius 1 is 1.11 bits per heavy atom. The van der Waals surface area contributed by atoms with E-state index in [0.717, 1.165) is 16.8 Å². The number of carbonyl (C=O) groups excluding carboxylic acids is 2. The summed E-state index contributed by atoms with van der Waals surface area (Å²) in [5.74, 6) is -0.280. The van der Waals surface area contributed by atoms with Gasteiger partial charge in [-0.2, -0.15) is 0 Å². The molecule has 0 spiro atoms. The summed E-state index contributed by atoms with van der Waals surface area (Å²) in [6, 6.07) is 12.6. The molecule has 6 heteroatoms. The minimum atomic E-state index is -0.158. The molecule has 2 aromatic carbocycles. The van der Waals surface area contributed by atoms with Gasteiger partial charge in [0.25, 0.3) is 0 Å². The highest BCUT2D eigenvalue weighted by atomic mass is 35.5. The van der Waals surface area contributed by atoms with Gasteiger partial charge in [0, 0.05) is 22.9 Å². The number of thiazole rings is 1. The third kappa shape index (κ3) is 4.55. The van der Waals surface area contributed by atoms with Gasteiger partial charge in [-0.15, -0.1) is 11.3 Å². The lowest BCUT2D eigenvalue weighted by molar-refractivity contribution is -0.115. The van der Waals surface area contributed by atoms with Crippen molar-refractivity contribution in [1.29, 1.82) is 0 Å². The Labute approximate surface area is 173 Å². The molecule has 0 radical (unpaired) electrons. The van der Waals surface area contributed by atoms with Crippen LogP contribution in [0, 0.1) is 13.8 Å². The topological polar surface area (TPSA) is 50.3 Å². The first-order valence-electron chi connectivity index (χ1n) is 8.66. The Balaban J connectivity index is 1.84. The van der Waals surface area contributed by atoms with Gasteiger partial charge in [-0.3, -0.25) is 14.5 Å². The first-order valence-corrected chi connectivity index (χ1v) is 9.92. The van der Waals surface area contributed by atoms with E-state index in [0.29, 0.717) is 21.4 Å². The summed E-state index contributed by atoms with van der Waals surface area (Å²) in [5.41, 5.74) is 4.17. The number of hydrogen-bond donors (Lipinski definition) is 0. The van der Waals surface area contributed by atoms with Crippen molar-refractivity contribution in [3.63, 3.8) is 0 Å². The molecule has 0 bridgehead atoms. The summed E-state index contributed by atoms with van der Waals surface area (Å²) < 4.78 is 0. The van der Waals surface area contributed by atoms with E-state index >= 15 is 0 Å². The number of aromatic nitrogens is 1. The third-order valence-corrected chi connectivity index (χ3v) is 5.36. The number of ketones is 1. The van der Waals surface area contributed by atoms with Crippen molar-refractivity contribution in [2.45, 2.75) is 20.8 Å². The lowest BCUT2D eigenvalue weighted by Gasteiger charge is -2.19. The fraction of sp³-hybridized carbons (Fsp3) is 0.136. The van der Waals surface area contributed by atoms with Crippen LogP contribution >= 0.6 is 22.9 Å². The highest BCUT2D eigenvalue weighted by Gasteiger charge is 2.18. The summed E-state index contributed by atoms with van der Waals surface area (Å²) in [5, 5.41) is 2.89. The van der Waals surface area contributed by atoms with Crippen molar-refractivity contribution < 1.29 is 9.59 Å². The van der Waals surface area contributed by atoms with E-state index in [2.05, 4.69) is 4.98 Å². The van der Waals surface area contributed by atoms with Crippen LogP contribution in [0.25, 0.3) is 6.08 Å². The normalized spacial score (nSPS) is 11.0. The summed E-state index contributed by atoms with van der Waals surface area (Å²) >= 11 is 7.28. The number of benzene rings is 2. The molecule has 4 nitrogen and oxygen atoms in total. The highest BCUT2D eigenvalue weighted by Crippen LogP contribution is 2.30. The van der Waals surface area contributed by atoms with Gasteiger partial charge in [0.05, 0.1) is 11.4 Å². The standard InChI is InChI=1S/C22H19ClN2O2S/c1-14-7-9-20(11-15(14)2)25(16(3)26)22-24-19(13-28-22)8-10-21(27)17-5-4-6-18(23)12-17/h4-13H,1-3H3/b10-8+. The van der Waals surface area contributed by atoms with Crippen molar-refractivity contribution in [2.75, 3.05) is 4.90 Å². The lowest BCUT2D eigenvalue weighted by atomic mass is 10.1. The second-order valence-electron chi connectivity index (χ2n) is 6.39. The summed E-state index contributed by atoms with van der Waals surface area (Å²) in [7, 11) is 0. The molecule has 0 aliphatic carbocycles.